The Kier molecular flexibility index (Phi) is 6.48. The van der Waals surface area contributed by atoms with Crippen molar-refractivity contribution in [2.75, 3.05) is 13.1 Å². The van der Waals surface area contributed by atoms with Gasteiger partial charge in [0.2, 0.25) is 5.82 Å². The topological polar surface area (TPSA) is 101 Å². The lowest BCUT2D eigenvalue weighted by atomic mass is 9.94. The van der Waals surface area contributed by atoms with E-state index in [-0.39, 0.29) is 23.9 Å². The van der Waals surface area contributed by atoms with Crippen LogP contribution in [0.15, 0.2) is 76.2 Å². The smallest absolute Gasteiger partial charge is 0.263 e. The van der Waals surface area contributed by atoms with Gasteiger partial charge in [0.25, 0.3) is 11.4 Å². The zero-order valence-corrected chi connectivity index (χ0v) is 19.8. The molecule has 1 aliphatic heterocycles. The molecule has 0 bridgehead atoms. The number of fused-ring (bicyclic) bond motifs is 1. The van der Waals surface area contributed by atoms with E-state index in [1.165, 1.54) is 11.1 Å². The number of benzene rings is 2. The Morgan fingerprint density at radius 2 is 1.74 bits per heavy atom. The maximum atomic E-state index is 12.4. The fourth-order valence-corrected chi connectivity index (χ4v) is 4.63. The van der Waals surface area contributed by atoms with Crippen LogP contribution in [-0.2, 0) is 6.42 Å². The summed E-state index contributed by atoms with van der Waals surface area (Å²) in [6.45, 7) is 1.87. The van der Waals surface area contributed by atoms with Gasteiger partial charge in [-0.1, -0.05) is 59.8 Å². The fourth-order valence-electron chi connectivity index (χ4n) is 4.63. The molecule has 8 nitrogen and oxygen atoms in total. The second-order valence-electron chi connectivity index (χ2n) is 8.68. The molecule has 178 valence electrons. The van der Waals surface area contributed by atoms with Crippen molar-refractivity contribution < 1.29 is 4.52 Å². The Bertz CT molecular complexity index is 1480. The van der Waals surface area contributed by atoms with Gasteiger partial charge in [0.05, 0.1) is 11.9 Å². The standard InChI is InChI=1S/C26H24N6O2.ClH/c33-23-15-22(19-10-12-27-13-11-19)32-25(29-23)21(16-28-32)26-30-24(31-34-26)20-8-6-18(7-9-20)14-17-4-2-1-3-5-17;/h1-9,15-16,19,27H,10-14H2,(H,29,33);1H. The molecule has 35 heavy (non-hydrogen) atoms. The van der Waals surface area contributed by atoms with Crippen molar-refractivity contribution in [3.8, 4) is 22.8 Å². The van der Waals surface area contributed by atoms with E-state index in [0.717, 1.165) is 43.6 Å². The third-order valence-corrected chi connectivity index (χ3v) is 6.41. The SMILES string of the molecule is Cl.O=c1cc(C2CCNCC2)n2ncc(-c3nc(-c4ccc(Cc5ccccc5)cc4)no3)c2[nH]1. The minimum atomic E-state index is -0.156. The van der Waals surface area contributed by atoms with Crippen LogP contribution in [0.3, 0.4) is 0 Å². The van der Waals surface area contributed by atoms with Crippen LogP contribution < -0.4 is 10.9 Å². The number of hydrogen-bond acceptors (Lipinski definition) is 6. The predicted molar refractivity (Wildman–Crippen MR) is 136 cm³/mol. The predicted octanol–water partition coefficient (Wildman–Crippen LogP) is 4.22. The molecule has 2 aromatic carbocycles. The number of H-pyrrole nitrogens is 1. The van der Waals surface area contributed by atoms with Gasteiger partial charge in [0.15, 0.2) is 0 Å². The molecule has 2 N–H and O–H groups in total. The maximum Gasteiger partial charge on any atom is 0.263 e. The molecule has 6 rings (SSSR count). The first kappa shape index (κ1) is 23.0. The third kappa shape index (κ3) is 4.62. The van der Waals surface area contributed by atoms with E-state index in [1.54, 1.807) is 16.8 Å². The summed E-state index contributed by atoms with van der Waals surface area (Å²) in [4.78, 5) is 19.9. The van der Waals surface area contributed by atoms with E-state index in [9.17, 15) is 4.79 Å². The lowest BCUT2D eigenvalue weighted by Crippen LogP contribution is -2.28. The molecule has 1 saturated heterocycles. The van der Waals surface area contributed by atoms with E-state index in [0.29, 0.717) is 22.9 Å². The molecule has 0 atom stereocenters. The molecular formula is C26H25ClN6O2. The molecule has 0 unspecified atom stereocenters. The van der Waals surface area contributed by atoms with Crippen molar-refractivity contribution in [2.24, 2.45) is 0 Å². The van der Waals surface area contributed by atoms with E-state index >= 15 is 0 Å². The molecule has 1 aliphatic rings. The van der Waals surface area contributed by atoms with Gasteiger partial charge >= 0.3 is 0 Å². The van der Waals surface area contributed by atoms with Crippen LogP contribution >= 0.6 is 12.4 Å². The van der Waals surface area contributed by atoms with Crippen LogP contribution in [0.4, 0.5) is 0 Å². The Labute approximate surface area is 207 Å². The molecule has 0 saturated carbocycles. The van der Waals surface area contributed by atoms with Crippen molar-refractivity contribution in [3.63, 3.8) is 0 Å². The number of aromatic nitrogens is 5. The van der Waals surface area contributed by atoms with Gasteiger partial charge in [0, 0.05) is 17.5 Å². The van der Waals surface area contributed by atoms with Gasteiger partial charge in [0.1, 0.15) is 11.2 Å². The summed E-state index contributed by atoms with van der Waals surface area (Å²) in [5.41, 5.74) is 5.30. The Morgan fingerprint density at radius 3 is 2.51 bits per heavy atom. The average molecular weight is 489 g/mol. The quantitative estimate of drug-likeness (QED) is 0.384. The maximum absolute atomic E-state index is 12.4. The molecule has 1 fully saturated rings. The minimum absolute atomic E-state index is 0. The van der Waals surface area contributed by atoms with Gasteiger partial charge in [-0.05, 0) is 43.5 Å². The fraction of sp³-hybridized carbons (Fsp3) is 0.231. The first-order valence-corrected chi connectivity index (χ1v) is 11.5. The highest BCUT2D eigenvalue weighted by Gasteiger charge is 2.22. The minimum Gasteiger partial charge on any atom is -0.333 e. The molecule has 9 heteroatoms. The number of halogens is 1. The Morgan fingerprint density at radius 1 is 1.00 bits per heavy atom. The summed E-state index contributed by atoms with van der Waals surface area (Å²) in [7, 11) is 0. The normalized spacial score (nSPS) is 14.2. The van der Waals surface area contributed by atoms with Crippen LogP contribution in [0.25, 0.3) is 28.5 Å². The van der Waals surface area contributed by atoms with Gasteiger partial charge < -0.3 is 14.8 Å². The van der Waals surface area contributed by atoms with E-state index in [4.69, 9.17) is 4.52 Å². The van der Waals surface area contributed by atoms with Gasteiger partial charge in [-0.15, -0.1) is 12.4 Å². The molecule has 4 heterocycles. The van der Waals surface area contributed by atoms with Crippen LogP contribution in [-0.4, -0.2) is 37.8 Å². The second-order valence-corrected chi connectivity index (χ2v) is 8.68. The summed E-state index contributed by atoms with van der Waals surface area (Å²) < 4.78 is 7.38. The van der Waals surface area contributed by atoms with Crippen molar-refractivity contribution in [2.45, 2.75) is 25.2 Å². The van der Waals surface area contributed by atoms with Gasteiger partial charge in [-0.25, -0.2) is 4.52 Å². The summed E-state index contributed by atoms with van der Waals surface area (Å²) >= 11 is 0. The molecular weight excluding hydrogens is 464 g/mol. The molecule has 3 aromatic heterocycles. The molecule has 0 spiro atoms. The zero-order valence-electron chi connectivity index (χ0n) is 19.0. The summed E-state index contributed by atoms with van der Waals surface area (Å²) in [6.07, 6.45) is 4.49. The summed E-state index contributed by atoms with van der Waals surface area (Å²) in [5.74, 6) is 1.11. The molecule has 0 aliphatic carbocycles. The van der Waals surface area contributed by atoms with Crippen molar-refractivity contribution >= 4 is 18.1 Å². The molecule has 0 amide bonds. The number of piperidine rings is 1. The molecule has 0 radical (unpaired) electrons. The second kappa shape index (κ2) is 9.85. The van der Waals surface area contributed by atoms with E-state index in [1.807, 2.05) is 30.3 Å². The van der Waals surface area contributed by atoms with Crippen molar-refractivity contribution in [1.82, 2.24) is 30.1 Å². The van der Waals surface area contributed by atoms with Crippen molar-refractivity contribution in [3.05, 3.63) is 94.0 Å². The van der Waals surface area contributed by atoms with E-state index < -0.39 is 0 Å². The van der Waals surface area contributed by atoms with Crippen LogP contribution in [0, 0.1) is 0 Å². The average Bonchev–Trinajstić information content (AvgIpc) is 3.53. The van der Waals surface area contributed by atoms with Crippen LogP contribution in [0.5, 0.6) is 0 Å². The first-order chi connectivity index (χ1) is 16.7. The number of hydrogen-bond donors (Lipinski definition) is 2. The highest BCUT2D eigenvalue weighted by molar-refractivity contribution is 5.85. The van der Waals surface area contributed by atoms with Crippen LogP contribution in [0.2, 0.25) is 0 Å². The zero-order chi connectivity index (χ0) is 22.9. The van der Waals surface area contributed by atoms with Gasteiger partial charge in [-0.2, -0.15) is 10.1 Å². The first-order valence-electron chi connectivity index (χ1n) is 11.5. The highest BCUT2D eigenvalue weighted by Crippen LogP contribution is 2.29. The highest BCUT2D eigenvalue weighted by atomic mass is 35.5. The number of nitrogens with one attached hydrogen (secondary N) is 2. The Balaban J connectivity index is 0.00000253. The summed E-state index contributed by atoms with van der Waals surface area (Å²) in [5, 5.41) is 12.1. The number of rotatable bonds is 5. The third-order valence-electron chi connectivity index (χ3n) is 6.41. The molecule has 5 aromatic rings. The monoisotopic (exact) mass is 488 g/mol. The van der Waals surface area contributed by atoms with E-state index in [2.05, 4.69) is 49.8 Å². The number of nitrogens with zero attached hydrogens (tertiary/aromatic N) is 4. The lowest BCUT2D eigenvalue weighted by molar-refractivity contribution is 0.432. The number of aromatic amines is 1. The summed E-state index contributed by atoms with van der Waals surface area (Å²) in [6, 6.07) is 20.2. The van der Waals surface area contributed by atoms with Crippen LogP contribution in [0.1, 0.15) is 35.6 Å². The largest absolute Gasteiger partial charge is 0.333 e. The van der Waals surface area contributed by atoms with Gasteiger partial charge in [-0.3, -0.25) is 4.79 Å². The van der Waals surface area contributed by atoms with Crippen molar-refractivity contribution in [1.29, 1.82) is 0 Å². The Hall–Kier alpha value is -3.75. The lowest BCUT2D eigenvalue weighted by Gasteiger charge is -2.23.